The highest BCUT2D eigenvalue weighted by atomic mass is 16.5. The van der Waals surface area contributed by atoms with Crippen molar-refractivity contribution < 1.29 is 19.1 Å². The number of ether oxygens (including phenoxy) is 2. The van der Waals surface area contributed by atoms with Crippen molar-refractivity contribution in [2.75, 3.05) is 59.2 Å². The molecule has 9 nitrogen and oxygen atoms in total. The molecule has 2 aromatic carbocycles. The number of piperazine rings is 1. The van der Waals surface area contributed by atoms with Gasteiger partial charge >= 0.3 is 6.03 Å². The number of allylic oxidation sites excluding steroid dienone is 1. The van der Waals surface area contributed by atoms with E-state index in [4.69, 9.17) is 9.47 Å². The largest absolute Gasteiger partial charge is 0.497 e. The predicted octanol–water partition coefficient (Wildman–Crippen LogP) is 3.57. The molecule has 3 heterocycles. The fourth-order valence-electron chi connectivity index (χ4n) is 4.99. The molecule has 1 fully saturated rings. The zero-order valence-electron chi connectivity index (χ0n) is 21.8. The number of urea groups is 1. The van der Waals surface area contributed by atoms with Crippen molar-refractivity contribution in [3.63, 3.8) is 0 Å². The number of aromatic nitrogens is 1. The van der Waals surface area contributed by atoms with Gasteiger partial charge in [0.05, 0.1) is 12.7 Å². The van der Waals surface area contributed by atoms with Gasteiger partial charge in [0, 0.05) is 74.2 Å². The van der Waals surface area contributed by atoms with Crippen molar-refractivity contribution in [2.24, 2.45) is 0 Å². The van der Waals surface area contributed by atoms with Crippen LogP contribution in [0.15, 0.2) is 42.2 Å². The Morgan fingerprint density at radius 1 is 1.11 bits per heavy atom. The van der Waals surface area contributed by atoms with E-state index in [1.807, 2.05) is 18.2 Å². The average Bonchev–Trinajstić information content (AvgIpc) is 3.36. The molecule has 2 aliphatic heterocycles. The smallest absolute Gasteiger partial charge is 0.318 e. The number of ketones is 1. The van der Waals surface area contributed by atoms with E-state index in [1.165, 1.54) is 7.05 Å². The molecule has 0 spiro atoms. The van der Waals surface area contributed by atoms with Crippen molar-refractivity contribution in [3.8, 4) is 11.5 Å². The molecule has 0 radical (unpaired) electrons. The Bertz CT molecular complexity index is 1380. The number of fused-ring (bicyclic) bond motifs is 2. The third kappa shape index (κ3) is 4.92. The number of carbonyl (C=O) groups is 2. The number of nitrogens with one attached hydrogen (secondary N) is 2. The minimum Gasteiger partial charge on any atom is -0.497 e. The van der Waals surface area contributed by atoms with Gasteiger partial charge in [-0.3, -0.25) is 9.69 Å². The highest BCUT2D eigenvalue weighted by molar-refractivity contribution is 6.16. The molecule has 0 aliphatic carbocycles. The zero-order valence-corrected chi connectivity index (χ0v) is 21.8. The van der Waals surface area contributed by atoms with Gasteiger partial charge in [0.25, 0.3) is 0 Å². The van der Waals surface area contributed by atoms with Crippen molar-refractivity contribution in [1.82, 2.24) is 19.7 Å². The van der Waals surface area contributed by atoms with E-state index in [9.17, 15) is 9.59 Å². The number of methoxy groups -OCH3 is 1. The monoisotopic (exact) mass is 503 g/mol. The molecular weight excluding hydrogens is 470 g/mol. The van der Waals surface area contributed by atoms with Crippen LogP contribution in [0.3, 0.4) is 0 Å². The first-order chi connectivity index (χ1) is 17.9. The summed E-state index contributed by atoms with van der Waals surface area (Å²) in [5, 5.41) is 6.22. The average molecular weight is 504 g/mol. The third-order valence-corrected chi connectivity index (χ3v) is 7.24. The third-order valence-electron chi connectivity index (χ3n) is 7.24. The molecule has 37 heavy (non-hydrogen) atoms. The summed E-state index contributed by atoms with van der Waals surface area (Å²) in [6.07, 6.45) is 1.83. The molecule has 0 saturated carbocycles. The van der Waals surface area contributed by atoms with Crippen LogP contribution in [0.25, 0.3) is 17.0 Å². The summed E-state index contributed by atoms with van der Waals surface area (Å²) < 4.78 is 13.8. The Morgan fingerprint density at radius 2 is 1.89 bits per heavy atom. The topological polar surface area (TPSA) is 88.1 Å². The van der Waals surface area contributed by atoms with E-state index < -0.39 is 0 Å². The van der Waals surface area contributed by atoms with Crippen LogP contribution in [-0.2, 0) is 6.54 Å². The van der Waals surface area contributed by atoms with Gasteiger partial charge in [0.15, 0.2) is 5.76 Å². The minimum absolute atomic E-state index is 0.212. The molecule has 5 rings (SSSR count). The molecule has 194 valence electrons. The number of nitrogens with zero attached hydrogens (tertiary/aromatic N) is 3. The van der Waals surface area contributed by atoms with E-state index >= 15 is 0 Å². The highest BCUT2D eigenvalue weighted by Gasteiger charge is 2.29. The van der Waals surface area contributed by atoms with Gasteiger partial charge < -0.3 is 29.6 Å². The fourth-order valence-corrected chi connectivity index (χ4v) is 4.99. The normalized spacial score (nSPS) is 17.2. The van der Waals surface area contributed by atoms with Gasteiger partial charge in [-0.2, -0.15) is 0 Å². The van der Waals surface area contributed by atoms with Crippen LogP contribution in [0, 0.1) is 6.92 Å². The Kier molecular flexibility index (Phi) is 6.90. The Hall–Kier alpha value is -3.82. The van der Waals surface area contributed by atoms with Crippen molar-refractivity contribution in [2.45, 2.75) is 13.5 Å². The lowest BCUT2D eigenvalue weighted by atomic mass is 10.1. The molecule has 1 saturated heterocycles. The minimum atomic E-state index is -0.351. The van der Waals surface area contributed by atoms with Crippen molar-refractivity contribution >= 4 is 34.5 Å². The number of likely N-dealkylation sites (N-methyl/N-ethyl adjacent to an activating group) is 1. The first kappa shape index (κ1) is 24.9. The van der Waals surface area contributed by atoms with E-state index in [0.717, 1.165) is 67.2 Å². The standard InChI is InChI=1S/C28H33N5O4/c1-18-21(17-26-27(34)23-15-19(30-28(35)29-2)5-8-25(23)37-26)22-16-20(36-4)6-7-24(22)33(18)14-13-32-11-9-31(3)10-12-32/h5-8,15-17H,9-14H2,1-4H3,(H2,29,30,35)/b26-17-. The molecule has 2 amide bonds. The van der Waals surface area contributed by atoms with Gasteiger partial charge in [-0.25, -0.2) is 4.79 Å². The second-order valence-corrected chi connectivity index (χ2v) is 9.53. The number of amides is 2. The lowest BCUT2D eigenvalue weighted by molar-refractivity contribution is 0.101. The molecule has 2 aliphatic rings. The summed E-state index contributed by atoms with van der Waals surface area (Å²) in [5.41, 5.74) is 4.05. The zero-order chi connectivity index (χ0) is 26.1. The summed E-state index contributed by atoms with van der Waals surface area (Å²) in [6.45, 7) is 8.20. The molecule has 9 heteroatoms. The molecule has 3 aromatic rings. The van der Waals surface area contributed by atoms with Crippen molar-refractivity contribution in [1.29, 1.82) is 0 Å². The SMILES string of the molecule is CNC(=O)Nc1ccc2c(c1)C(=O)/C(=C/c1c(C)n(CCN3CCN(C)CC3)c3ccc(OC)cc13)O2. The summed E-state index contributed by atoms with van der Waals surface area (Å²) >= 11 is 0. The highest BCUT2D eigenvalue weighted by Crippen LogP contribution is 2.36. The maximum atomic E-state index is 13.3. The summed E-state index contributed by atoms with van der Waals surface area (Å²) in [7, 11) is 5.36. The molecule has 2 N–H and O–H groups in total. The second-order valence-electron chi connectivity index (χ2n) is 9.53. The molecule has 1 aromatic heterocycles. The van der Waals surface area contributed by atoms with Gasteiger partial charge in [0.2, 0.25) is 5.78 Å². The first-order valence-electron chi connectivity index (χ1n) is 12.5. The van der Waals surface area contributed by atoms with E-state index in [2.05, 4.69) is 45.0 Å². The fraction of sp³-hybridized carbons (Fsp3) is 0.357. The van der Waals surface area contributed by atoms with Crippen LogP contribution in [0.5, 0.6) is 11.5 Å². The maximum Gasteiger partial charge on any atom is 0.318 e. The second kappa shape index (κ2) is 10.3. The molecular formula is C28H33N5O4. The number of hydrogen-bond donors (Lipinski definition) is 2. The molecule has 0 bridgehead atoms. The van der Waals surface area contributed by atoms with Crippen LogP contribution < -0.4 is 20.1 Å². The molecule has 0 unspecified atom stereocenters. The van der Waals surface area contributed by atoms with Crippen molar-refractivity contribution in [3.05, 3.63) is 59.0 Å². The summed E-state index contributed by atoms with van der Waals surface area (Å²) in [4.78, 5) is 29.8. The number of hydrogen-bond acceptors (Lipinski definition) is 6. The Labute approximate surface area is 216 Å². The maximum absolute atomic E-state index is 13.3. The van der Waals surface area contributed by atoms with Gasteiger partial charge in [-0.1, -0.05) is 0 Å². The van der Waals surface area contributed by atoms with Gasteiger partial charge in [-0.05, 0) is 56.4 Å². The van der Waals surface area contributed by atoms with Crippen LogP contribution in [-0.4, -0.2) is 80.1 Å². The lowest BCUT2D eigenvalue weighted by Gasteiger charge is -2.32. The first-order valence-corrected chi connectivity index (χ1v) is 12.5. The lowest BCUT2D eigenvalue weighted by Crippen LogP contribution is -2.45. The molecule has 0 atom stereocenters. The van der Waals surface area contributed by atoms with Crippen LogP contribution in [0.1, 0.15) is 21.6 Å². The number of Topliss-reactive ketones (excluding diaryl/α,β-unsaturated/α-hetero) is 1. The Balaban J connectivity index is 1.47. The predicted molar refractivity (Wildman–Crippen MR) is 145 cm³/mol. The van der Waals surface area contributed by atoms with E-state index in [-0.39, 0.29) is 17.6 Å². The van der Waals surface area contributed by atoms with E-state index in [1.54, 1.807) is 25.3 Å². The van der Waals surface area contributed by atoms with Gasteiger partial charge in [-0.15, -0.1) is 0 Å². The Morgan fingerprint density at radius 3 is 2.62 bits per heavy atom. The number of benzene rings is 2. The van der Waals surface area contributed by atoms with E-state index in [0.29, 0.717) is 17.0 Å². The van der Waals surface area contributed by atoms with Gasteiger partial charge in [0.1, 0.15) is 11.5 Å². The number of rotatable bonds is 6. The number of carbonyl (C=O) groups excluding carboxylic acids is 2. The van der Waals surface area contributed by atoms with Crippen LogP contribution in [0.4, 0.5) is 10.5 Å². The summed E-state index contributed by atoms with van der Waals surface area (Å²) in [6, 6.07) is 10.8. The van der Waals surface area contributed by atoms with Crippen LogP contribution >= 0.6 is 0 Å². The summed E-state index contributed by atoms with van der Waals surface area (Å²) in [5.74, 6) is 1.29. The number of anilines is 1. The van der Waals surface area contributed by atoms with Crippen LogP contribution in [0.2, 0.25) is 0 Å². The quantitative estimate of drug-likeness (QED) is 0.500.